The van der Waals surface area contributed by atoms with Crippen LogP contribution in [0.1, 0.15) is 17.1 Å². The Hall–Kier alpha value is -1.65. The third-order valence-corrected chi connectivity index (χ3v) is 2.47. The van der Waals surface area contributed by atoms with Crippen LogP contribution >= 0.6 is 0 Å². The second kappa shape index (κ2) is 5.61. The van der Waals surface area contributed by atoms with E-state index in [1.165, 1.54) is 5.56 Å². The molecule has 0 unspecified atom stereocenters. The van der Waals surface area contributed by atoms with Gasteiger partial charge in [-0.2, -0.15) is 0 Å². The smallest absolute Gasteiger partial charge is 0.129 e. The summed E-state index contributed by atoms with van der Waals surface area (Å²) < 4.78 is 5.43. The number of aliphatic hydroxyl groups excluding tert-OH is 1. The molecule has 0 fully saturated rings. The van der Waals surface area contributed by atoms with Crippen LogP contribution in [0.25, 0.3) is 0 Å². The zero-order valence-electron chi connectivity index (χ0n) is 9.84. The highest BCUT2D eigenvalue weighted by atomic mass is 16.4. The second-order valence-corrected chi connectivity index (χ2v) is 4.06. The molecule has 0 aliphatic heterocycles. The number of aliphatic hydroxyl groups is 1. The Morgan fingerprint density at radius 2 is 2.06 bits per heavy atom. The Morgan fingerprint density at radius 3 is 2.71 bits per heavy atom. The molecule has 1 N–H and O–H groups in total. The Labute approximate surface area is 101 Å². The topological polar surface area (TPSA) is 49.5 Å². The minimum absolute atomic E-state index is 0.0493. The number of rotatable bonds is 5. The van der Waals surface area contributed by atoms with E-state index < -0.39 is 0 Å². The van der Waals surface area contributed by atoms with Crippen molar-refractivity contribution < 1.29 is 9.52 Å². The molecule has 0 aromatic carbocycles. The summed E-state index contributed by atoms with van der Waals surface area (Å²) in [5, 5.41) is 8.90. The van der Waals surface area contributed by atoms with Gasteiger partial charge in [0.1, 0.15) is 18.1 Å². The molecule has 0 saturated heterocycles. The van der Waals surface area contributed by atoms with E-state index in [1.54, 1.807) is 12.3 Å². The largest absolute Gasteiger partial charge is 0.462 e. The van der Waals surface area contributed by atoms with Crippen LogP contribution in [0.2, 0.25) is 0 Å². The van der Waals surface area contributed by atoms with E-state index >= 15 is 0 Å². The van der Waals surface area contributed by atoms with Crippen molar-refractivity contribution in [3.05, 3.63) is 53.7 Å². The van der Waals surface area contributed by atoms with E-state index in [0.29, 0.717) is 5.76 Å². The fourth-order valence-electron chi connectivity index (χ4n) is 1.72. The summed E-state index contributed by atoms with van der Waals surface area (Å²) in [7, 11) is 2.02. The maximum atomic E-state index is 8.90. The first-order valence-corrected chi connectivity index (χ1v) is 5.54. The molecule has 4 heteroatoms. The minimum Gasteiger partial charge on any atom is -0.462 e. The van der Waals surface area contributed by atoms with Gasteiger partial charge >= 0.3 is 0 Å². The van der Waals surface area contributed by atoms with Crippen molar-refractivity contribution in [3.8, 4) is 0 Å². The van der Waals surface area contributed by atoms with E-state index in [1.807, 2.05) is 31.4 Å². The summed E-state index contributed by atoms with van der Waals surface area (Å²) >= 11 is 0. The molecule has 0 bridgehead atoms. The van der Waals surface area contributed by atoms with Crippen LogP contribution in [0.3, 0.4) is 0 Å². The number of furan rings is 1. The molecule has 2 aromatic heterocycles. The summed E-state index contributed by atoms with van der Waals surface area (Å²) in [6, 6.07) is 7.67. The number of hydrogen-bond donors (Lipinski definition) is 1. The first-order valence-electron chi connectivity index (χ1n) is 5.54. The molecule has 90 valence electrons. The summed E-state index contributed by atoms with van der Waals surface area (Å²) in [6.07, 6.45) is 3.63. The average Bonchev–Trinajstić information content (AvgIpc) is 2.78. The molecule has 0 saturated carbocycles. The quantitative estimate of drug-likeness (QED) is 0.854. The third kappa shape index (κ3) is 3.41. The number of hydrogen-bond acceptors (Lipinski definition) is 4. The zero-order valence-corrected chi connectivity index (χ0v) is 9.84. The molecular formula is C13H16N2O2. The van der Waals surface area contributed by atoms with Crippen molar-refractivity contribution in [2.75, 3.05) is 7.05 Å². The lowest BCUT2D eigenvalue weighted by Crippen LogP contribution is -2.16. The van der Waals surface area contributed by atoms with Gasteiger partial charge in [-0.3, -0.25) is 9.88 Å². The summed E-state index contributed by atoms with van der Waals surface area (Å²) in [5.41, 5.74) is 1.17. The molecular weight excluding hydrogens is 216 g/mol. The predicted octanol–water partition coefficient (Wildman–Crippen LogP) is 1.80. The number of pyridine rings is 1. The molecule has 0 radical (unpaired) electrons. The van der Waals surface area contributed by atoms with Crippen molar-refractivity contribution in [1.82, 2.24) is 9.88 Å². The van der Waals surface area contributed by atoms with Gasteiger partial charge in [0.05, 0.1) is 6.54 Å². The lowest BCUT2D eigenvalue weighted by atomic mass is 10.2. The Balaban J connectivity index is 1.91. The molecule has 2 aromatic rings. The van der Waals surface area contributed by atoms with Crippen LogP contribution in [-0.2, 0) is 19.7 Å². The Kier molecular flexibility index (Phi) is 3.90. The van der Waals surface area contributed by atoms with Crippen LogP contribution in [0, 0.1) is 0 Å². The van der Waals surface area contributed by atoms with Crippen LogP contribution in [-0.4, -0.2) is 22.0 Å². The lowest BCUT2D eigenvalue weighted by Gasteiger charge is -2.14. The zero-order chi connectivity index (χ0) is 12.1. The van der Waals surface area contributed by atoms with Crippen LogP contribution < -0.4 is 0 Å². The van der Waals surface area contributed by atoms with E-state index in [0.717, 1.165) is 18.8 Å². The fraction of sp³-hybridized carbons (Fsp3) is 0.308. The second-order valence-electron chi connectivity index (χ2n) is 4.06. The molecule has 0 spiro atoms. The van der Waals surface area contributed by atoms with E-state index in [9.17, 15) is 0 Å². The monoisotopic (exact) mass is 232 g/mol. The predicted molar refractivity (Wildman–Crippen MR) is 64.0 cm³/mol. The highest BCUT2D eigenvalue weighted by Crippen LogP contribution is 2.11. The first kappa shape index (κ1) is 11.8. The van der Waals surface area contributed by atoms with Crippen molar-refractivity contribution in [2.24, 2.45) is 0 Å². The van der Waals surface area contributed by atoms with Gasteiger partial charge in [0.2, 0.25) is 0 Å². The molecule has 0 atom stereocenters. The molecule has 0 aliphatic rings. The van der Waals surface area contributed by atoms with Gasteiger partial charge in [-0.05, 0) is 30.8 Å². The maximum absolute atomic E-state index is 8.90. The summed E-state index contributed by atoms with van der Waals surface area (Å²) in [5.74, 6) is 1.47. The van der Waals surface area contributed by atoms with Gasteiger partial charge in [-0.25, -0.2) is 0 Å². The molecule has 0 aliphatic carbocycles. The van der Waals surface area contributed by atoms with Crippen molar-refractivity contribution in [3.63, 3.8) is 0 Å². The van der Waals surface area contributed by atoms with Crippen molar-refractivity contribution in [2.45, 2.75) is 19.7 Å². The fourth-order valence-corrected chi connectivity index (χ4v) is 1.72. The Bertz CT molecular complexity index is 453. The first-order chi connectivity index (χ1) is 8.28. The van der Waals surface area contributed by atoms with Crippen LogP contribution in [0.15, 0.2) is 41.1 Å². The highest BCUT2D eigenvalue weighted by Gasteiger charge is 2.05. The normalized spacial score (nSPS) is 11.0. The molecule has 2 heterocycles. The van der Waals surface area contributed by atoms with Gasteiger partial charge < -0.3 is 9.52 Å². The molecule has 0 amide bonds. The standard InChI is InChI=1S/C13H16N2O2/c1-15(8-11-3-2-6-14-7-11)9-12-4-5-13(10-16)17-12/h2-7,16H,8-10H2,1H3. The maximum Gasteiger partial charge on any atom is 0.129 e. The SMILES string of the molecule is CN(Cc1cccnc1)Cc1ccc(CO)o1. The number of nitrogens with zero attached hydrogens (tertiary/aromatic N) is 2. The van der Waals surface area contributed by atoms with E-state index in [2.05, 4.69) is 9.88 Å². The summed E-state index contributed by atoms with van der Waals surface area (Å²) in [6.45, 7) is 1.49. The van der Waals surface area contributed by atoms with Crippen molar-refractivity contribution >= 4 is 0 Å². The lowest BCUT2D eigenvalue weighted by molar-refractivity contribution is 0.231. The van der Waals surface area contributed by atoms with E-state index in [4.69, 9.17) is 9.52 Å². The van der Waals surface area contributed by atoms with Gasteiger partial charge in [0.25, 0.3) is 0 Å². The minimum atomic E-state index is -0.0493. The summed E-state index contributed by atoms with van der Waals surface area (Å²) in [4.78, 5) is 6.21. The van der Waals surface area contributed by atoms with Crippen LogP contribution in [0.5, 0.6) is 0 Å². The highest BCUT2D eigenvalue weighted by molar-refractivity contribution is 5.09. The Morgan fingerprint density at radius 1 is 1.24 bits per heavy atom. The van der Waals surface area contributed by atoms with Gasteiger partial charge in [-0.1, -0.05) is 6.07 Å². The van der Waals surface area contributed by atoms with Crippen LogP contribution in [0.4, 0.5) is 0 Å². The molecule has 4 nitrogen and oxygen atoms in total. The molecule has 17 heavy (non-hydrogen) atoms. The van der Waals surface area contributed by atoms with Crippen molar-refractivity contribution in [1.29, 1.82) is 0 Å². The molecule has 2 rings (SSSR count). The van der Waals surface area contributed by atoms with E-state index in [-0.39, 0.29) is 6.61 Å². The third-order valence-electron chi connectivity index (χ3n) is 2.47. The average molecular weight is 232 g/mol. The van der Waals surface area contributed by atoms with Gasteiger partial charge in [0.15, 0.2) is 0 Å². The number of aromatic nitrogens is 1. The van der Waals surface area contributed by atoms with Gasteiger partial charge in [-0.15, -0.1) is 0 Å². The van der Waals surface area contributed by atoms with Gasteiger partial charge in [0, 0.05) is 18.9 Å².